The number of nitrogens with zero attached hydrogens (tertiary/aromatic N) is 1. The van der Waals surface area contributed by atoms with E-state index in [-0.39, 0.29) is 18.7 Å². The summed E-state index contributed by atoms with van der Waals surface area (Å²) in [5.74, 6) is 0.395. The van der Waals surface area contributed by atoms with Crippen LogP contribution in [-0.2, 0) is 0 Å². The van der Waals surface area contributed by atoms with Gasteiger partial charge in [-0.3, -0.25) is 0 Å². The van der Waals surface area contributed by atoms with Gasteiger partial charge in [-0.2, -0.15) is 0 Å². The van der Waals surface area contributed by atoms with Crippen molar-refractivity contribution in [3.8, 4) is 0 Å². The third-order valence-corrected chi connectivity index (χ3v) is 3.93. The molecule has 0 aromatic heterocycles. The molecule has 2 atom stereocenters. The first-order chi connectivity index (χ1) is 9.65. The molecule has 0 saturated heterocycles. The molecule has 2 unspecified atom stereocenters. The number of urea groups is 1. The highest BCUT2D eigenvalue weighted by Gasteiger charge is 2.40. The van der Waals surface area contributed by atoms with Gasteiger partial charge >= 0.3 is 6.03 Å². The summed E-state index contributed by atoms with van der Waals surface area (Å²) in [5, 5.41) is 12.0. The number of amides is 2. The highest BCUT2D eigenvalue weighted by atomic mass is 79.9. The molecule has 1 aliphatic carbocycles. The van der Waals surface area contributed by atoms with Crippen molar-refractivity contribution in [1.82, 2.24) is 10.2 Å². The van der Waals surface area contributed by atoms with E-state index in [0.717, 1.165) is 10.9 Å². The standard InChI is InChI=1S/C15H19BrN2O2/c1-2-7-18(8-9-19)15(20)17-14-10-13(14)11-3-5-12(16)6-4-11/h2-6,13-14,19H,1,7-10H2,(H,17,20). The van der Waals surface area contributed by atoms with Gasteiger partial charge in [0.15, 0.2) is 0 Å². The van der Waals surface area contributed by atoms with Crippen LogP contribution in [0.4, 0.5) is 4.79 Å². The third kappa shape index (κ3) is 3.84. The second-order valence-corrected chi connectivity index (χ2v) is 5.82. The topological polar surface area (TPSA) is 52.6 Å². The summed E-state index contributed by atoms with van der Waals surface area (Å²) in [6, 6.07) is 8.25. The van der Waals surface area contributed by atoms with Gasteiger partial charge in [-0.1, -0.05) is 34.1 Å². The number of nitrogens with one attached hydrogen (secondary N) is 1. The van der Waals surface area contributed by atoms with Gasteiger partial charge in [0.05, 0.1) is 6.61 Å². The molecule has 108 valence electrons. The predicted octanol–water partition coefficient (Wildman–Crippen LogP) is 2.49. The summed E-state index contributed by atoms with van der Waals surface area (Å²) in [7, 11) is 0. The zero-order chi connectivity index (χ0) is 14.5. The van der Waals surface area contributed by atoms with E-state index in [9.17, 15) is 4.79 Å². The second-order valence-electron chi connectivity index (χ2n) is 4.91. The Morgan fingerprint density at radius 2 is 2.20 bits per heavy atom. The molecule has 1 fully saturated rings. The molecule has 0 aliphatic heterocycles. The summed E-state index contributed by atoms with van der Waals surface area (Å²) in [6.45, 7) is 4.36. The van der Waals surface area contributed by atoms with E-state index in [1.165, 1.54) is 5.56 Å². The molecule has 20 heavy (non-hydrogen) atoms. The van der Waals surface area contributed by atoms with Crippen LogP contribution in [0.2, 0.25) is 0 Å². The molecule has 1 saturated carbocycles. The molecule has 4 nitrogen and oxygen atoms in total. The second kappa shape index (κ2) is 6.90. The molecule has 1 aliphatic rings. The Bertz CT molecular complexity index is 475. The van der Waals surface area contributed by atoms with Crippen LogP contribution in [0.25, 0.3) is 0 Å². The van der Waals surface area contributed by atoms with Crippen LogP contribution in [-0.4, -0.2) is 41.8 Å². The Balaban J connectivity index is 1.87. The molecule has 0 spiro atoms. The van der Waals surface area contributed by atoms with Crippen molar-refractivity contribution >= 4 is 22.0 Å². The molecular weight excluding hydrogens is 320 g/mol. The zero-order valence-electron chi connectivity index (χ0n) is 11.3. The summed E-state index contributed by atoms with van der Waals surface area (Å²) >= 11 is 3.41. The molecule has 2 amide bonds. The van der Waals surface area contributed by atoms with Gasteiger partial charge in [0.25, 0.3) is 0 Å². The molecular formula is C15H19BrN2O2. The highest BCUT2D eigenvalue weighted by molar-refractivity contribution is 9.10. The smallest absolute Gasteiger partial charge is 0.317 e. The minimum atomic E-state index is -0.136. The average molecular weight is 339 g/mol. The predicted molar refractivity (Wildman–Crippen MR) is 82.7 cm³/mol. The molecule has 0 radical (unpaired) electrons. The maximum Gasteiger partial charge on any atom is 0.317 e. The Morgan fingerprint density at radius 3 is 2.80 bits per heavy atom. The summed E-state index contributed by atoms with van der Waals surface area (Å²) in [5.41, 5.74) is 1.25. The largest absolute Gasteiger partial charge is 0.395 e. The molecule has 1 aromatic carbocycles. The van der Waals surface area contributed by atoms with Gasteiger partial charge in [0.2, 0.25) is 0 Å². The molecule has 0 heterocycles. The van der Waals surface area contributed by atoms with Gasteiger partial charge in [0.1, 0.15) is 0 Å². The lowest BCUT2D eigenvalue weighted by molar-refractivity contribution is 0.183. The lowest BCUT2D eigenvalue weighted by Crippen LogP contribution is -2.42. The van der Waals surface area contributed by atoms with Crippen LogP contribution in [0.3, 0.4) is 0 Å². The first-order valence-electron chi connectivity index (χ1n) is 6.68. The van der Waals surface area contributed by atoms with Gasteiger partial charge in [-0.05, 0) is 24.1 Å². The first-order valence-corrected chi connectivity index (χ1v) is 7.47. The van der Waals surface area contributed by atoms with Crippen LogP contribution in [0, 0.1) is 0 Å². The van der Waals surface area contributed by atoms with Crippen LogP contribution < -0.4 is 5.32 Å². The molecule has 5 heteroatoms. The number of aliphatic hydroxyl groups excluding tert-OH is 1. The van der Waals surface area contributed by atoms with E-state index in [1.807, 2.05) is 12.1 Å². The quantitative estimate of drug-likeness (QED) is 0.783. The van der Waals surface area contributed by atoms with Crippen molar-refractivity contribution in [3.05, 3.63) is 47.0 Å². The van der Waals surface area contributed by atoms with Crippen molar-refractivity contribution < 1.29 is 9.90 Å². The third-order valence-electron chi connectivity index (χ3n) is 3.40. The van der Waals surface area contributed by atoms with Gasteiger partial charge in [-0.25, -0.2) is 4.79 Å². The number of rotatable bonds is 6. The monoisotopic (exact) mass is 338 g/mol. The first kappa shape index (κ1) is 15.1. The maximum absolute atomic E-state index is 12.1. The number of halogens is 1. The number of hydrogen-bond acceptors (Lipinski definition) is 2. The molecule has 0 bridgehead atoms. The molecule has 2 N–H and O–H groups in total. The van der Waals surface area contributed by atoms with Crippen molar-refractivity contribution in [2.24, 2.45) is 0 Å². The van der Waals surface area contributed by atoms with Crippen LogP contribution in [0.1, 0.15) is 17.9 Å². The van der Waals surface area contributed by atoms with Gasteiger partial charge < -0.3 is 15.3 Å². The van der Waals surface area contributed by atoms with E-state index >= 15 is 0 Å². The van der Waals surface area contributed by atoms with E-state index in [2.05, 4.69) is 40.0 Å². The number of carbonyl (C=O) groups is 1. The number of carbonyl (C=O) groups excluding carboxylic acids is 1. The number of aliphatic hydroxyl groups is 1. The van der Waals surface area contributed by atoms with Crippen LogP contribution in [0.15, 0.2) is 41.4 Å². The van der Waals surface area contributed by atoms with E-state index < -0.39 is 0 Å². The molecule has 2 rings (SSSR count). The Labute approximate surface area is 127 Å². The lowest BCUT2D eigenvalue weighted by atomic mass is 10.1. The zero-order valence-corrected chi connectivity index (χ0v) is 12.8. The molecule has 1 aromatic rings. The van der Waals surface area contributed by atoms with Crippen molar-refractivity contribution in [3.63, 3.8) is 0 Å². The van der Waals surface area contributed by atoms with Crippen LogP contribution >= 0.6 is 15.9 Å². The van der Waals surface area contributed by atoms with Crippen molar-refractivity contribution in [2.75, 3.05) is 19.7 Å². The van der Waals surface area contributed by atoms with E-state index in [4.69, 9.17) is 5.11 Å². The summed E-state index contributed by atoms with van der Waals surface area (Å²) in [4.78, 5) is 13.6. The Hall–Kier alpha value is -1.33. The fourth-order valence-corrected chi connectivity index (χ4v) is 2.50. The maximum atomic E-state index is 12.1. The average Bonchev–Trinajstić information content (AvgIpc) is 3.18. The van der Waals surface area contributed by atoms with Gasteiger partial charge in [0, 0.05) is 29.5 Å². The van der Waals surface area contributed by atoms with Crippen molar-refractivity contribution in [2.45, 2.75) is 18.4 Å². The minimum absolute atomic E-state index is 0.0396. The minimum Gasteiger partial charge on any atom is -0.395 e. The van der Waals surface area contributed by atoms with Crippen molar-refractivity contribution in [1.29, 1.82) is 0 Å². The lowest BCUT2D eigenvalue weighted by Gasteiger charge is -2.20. The fraction of sp³-hybridized carbons (Fsp3) is 0.400. The summed E-state index contributed by atoms with van der Waals surface area (Å²) < 4.78 is 1.06. The van der Waals surface area contributed by atoms with E-state index in [0.29, 0.717) is 19.0 Å². The normalized spacial score (nSPS) is 20.3. The Morgan fingerprint density at radius 1 is 1.50 bits per heavy atom. The number of benzene rings is 1. The van der Waals surface area contributed by atoms with Crippen LogP contribution in [0.5, 0.6) is 0 Å². The Kier molecular flexibility index (Phi) is 5.20. The SMILES string of the molecule is C=CCN(CCO)C(=O)NC1CC1c1ccc(Br)cc1. The fourth-order valence-electron chi connectivity index (χ4n) is 2.24. The highest BCUT2D eigenvalue weighted by Crippen LogP contribution is 2.41. The van der Waals surface area contributed by atoms with E-state index in [1.54, 1.807) is 11.0 Å². The van der Waals surface area contributed by atoms with Gasteiger partial charge in [-0.15, -0.1) is 6.58 Å². The number of hydrogen-bond donors (Lipinski definition) is 2. The summed E-state index contributed by atoms with van der Waals surface area (Å²) in [6.07, 6.45) is 2.63.